The number of carbonyl (C=O) groups excluding carboxylic acids is 2. The smallest absolute Gasteiger partial charge is 0.331 e. The molecule has 0 aromatic heterocycles. The lowest BCUT2D eigenvalue weighted by Gasteiger charge is -2.08. The molecule has 0 unspecified atom stereocenters. The van der Waals surface area contributed by atoms with Crippen molar-refractivity contribution >= 4 is 17.8 Å². The molecule has 0 bridgehead atoms. The first-order valence-corrected chi connectivity index (χ1v) is 9.92. The second-order valence-corrected chi connectivity index (χ2v) is 7.29. The Bertz CT molecular complexity index is 544. The highest BCUT2D eigenvalue weighted by Gasteiger charge is 2.02. The summed E-state index contributed by atoms with van der Waals surface area (Å²) in [6.45, 7) is 13.7. The number of carboxylic acid groups (broad SMARTS) is 1. The Balaban J connectivity index is -0.000000380. The number of amides is 1. The van der Waals surface area contributed by atoms with Gasteiger partial charge in [0.15, 0.2) is 0 Å². The van der Waals surface area contributed by atoms with Crippen molar-refractivity contribution in [2.24, 2.45) is 0 Å². The Kier molecular flexibility index (Phi) is 23.7. The highest BCUT2D eigenvalue weighted by molar-refractivity contribution is 5.86. The normalized spacial score (nSPS) is 9.71. The molecule has 2 N–H and O–H groups in total. The first-order valence-electron chi connectivity index (χ1n) is 9.92. The Morgan fingerprint density at radius 2 is 1.42 bits per heavy atom. The van der Waals surface area contributed by atoms with Crippen LogP contribution < -0.4 is 5.32 Å². The monoisotopic (exact) mass is 442 g/mol. The molecule has 9 nitrogen and oxygen atoms in total. The first kappa shape index (κ1) is 33.2. The van der Waals surface area contributed by atoms with Gasteiger partial charge in [-0.3, -0.25) is 4.79 Å². The molecule has 0 spiro atoms. The minimum atomic E-state index is -0.901. The minimum absolute atomic E-state index is 0.0937. The summed E-state index contributed by atoms with van der Waals surface area (Å²) in [7, 11) is 11.7. The number of nitrogens with one attached hydrogen (secondary N) is 1. The summed E-state index contributed by atoms with van der Waals surface area (Å²) in [4.78, 5) is 37.2. The zero-order chi connectivity index (χ0) is 24.8. The van der Waals surface area contributed by atoms with Crippen molar-refractivity contribution in [3.63, 3.8) is 0 Å². The van der Waals surface area contributed by atoms with Crippen molar-refractivity contribution < 1.29 is 24.2 Å². The van der Waals surface area contributed by atoms with Crippen LogP contribution in [0.25, 0.3) is 0 Å². The Morgan fingerprint density at radius 3 is 1.81 bits per heavy atom. The molecule has 0 aliphatic heterocycles. The largest absolute Gasteiger partial charge is 0.478 e. The van der Waals surface area contributed by atoms with Gasteiger partial charge in [-0.25, -0.2) is 9.59 Å². The number of nitrogens with zero attached hydrogens (tertiary/aromatic N) is 3. The van der Waals surface area contributed by atoms with E-state index < -0.39 is 5.97 Å². The zero-order valence-corrected chi connectivity index (χ0v) is 20.1. The molecule has 1 amide bonds. The number of ether oxygens (including phenoxy) is 1. The quantitative estimate of drug-likeness (QED) is 0.248. The van der Waals surface area contributed by atoms with Crippen molar-refractivity contribution in [3.05, 3.63) is 37.5 Å². The molecular weight excluding hydrogens is 400 g/mol. The van der Waals surface area contributed by atoms with E-state index in [1.165, 1.54) is 6.08 Å². The average molecular weight is 443 g/mol. The maximum atomic E-state index is 10.6. The lowest BCUT2D eigenvalue weighted by Crippen LogP contribution is -2.25. The van der Waals surface area contributed by atoms with Crippen LogP contribution in [0.2, 0.25) is 0 Å². The summed E-state index contributed by atoms with van der Waals surface area (Å²) in [6.07, 6.45) is 3.96. The molecule has 0 radical (unpaired) electrons. The molecule has 0 aromatic rings. The van der Waals surface area contributed by atoms with E-state index in [9.17, 15) is 14.4 Å². The van der Waals surface area contributed by atoms with E-state index in [4.69, 9.17) is 9.84 Å². The number of esters is 1. The van der Waals surface area contributed by atoms with Crippen LogP contribution in [-0.4, -0.2) is 113 Å². The van der Waals surface area contributed by atoms with E-state index in [-0.39, 0.29) is 17.4 Å². The molecule has 180 valence electrons. The second kappa shape index (κ2) is 22.2. The van der Waals surface area contributed by atoms with Crippen LogP contribution in [0.15, 0.2) is 37.5 Å². The molecule has 0 aromatic carbocycles. The predicted molar refractivity (Wildman–Crippen MR) is 126 cm³/mol. The maximum Gasteiger partial charge on any atom is 0.331 e. The minimum Gasteiger partial charge on any atom is -0.478 e. The number of hydrogen-bond donors (Lipinski definition) is 2. The number of hydrogen-bond acceptors (Lipinski definition) is 7. The molecule has 9 heteroatoms. The highest BCUT2D eigenvalue weighted by atomic mass is 16.5. The molecule has 0 aliphatic carbocycles. The molecule has 0 saturated carbocycles. The number of rotatable bonds is 13. The number of carboxylic acids is 1. The maximum absolute atomic E-state index is 10.6. The van der Waals surface area contributed by atoms with Gasteiger partial charge >= 0.3 is 11.9 Å². The fourth-order valence-electron chi connectivity index (χ4n) is 1.53. The third-order valence-electron chi connectivity index (χ3n) is 3.38. The van der Waals surface area contributed by atoms with Gasteiger partial charge in [0.25, 0.3) is 0 Å². The van der Waals surface area contributed by atoms with Crippen LogP contribution in [0, 0.1) is 0 Å². The molecule has 0 fully saturated rings. The summed E-state index contributed by atoms with van der Waals surface area (Å²) in [6, 6.07) is 0. The van der Waals surface area contributed by atoms with Crippen LogP contribution in [0.4, 0.5) is 0 Å². The van der Waals surface area contributed by atoms with E-state index in [1.54, 1.807) is 0 Å². The van der Waals surface area contributed by atoms with Gasteiger partial charge < -0.3 is 29.9 Å². The SMILES string of the molecule is C=C(CCN(C)C)C(=O)O.C=CC(=O)NCCCN(C)C.C=CC(=O)OCCN(C)C. The number of carbonyl (C=O) groups is 3. The van der Waals surface area contributed by atoms with Crippen molar-refractivity contribution in [2.75, 3.05) is 75.1 Å². The van der Waals surface area contributed by atoms with Gasteiger partial charge in [-0.15, -0.1) is 0 Å². The van der Waals surface area contributed by atoms with E-state index in [2.05, 4.69) is 30.0 Å². The third kappa shape index (κ3) is 32.4. The van der Waals surface area contributed by atoms with Gasteiger partial charge in [0.1, 0.15) is 6.61 Å². The summed E-state index contributed by atoms with van der Waals surface area (Å²) in [5.74, 6) is -1.35. The Morgan fingerprint density at radius 1 is 0.903 bits per heavy atom. The summed E-state index contributed by atoms with van der Waals surface area (Å²) < 4.78 is 4.70. The summed E-state index contributed by atoms with van der Waals surface area (Å²) in [5.41, 5.74) is 0.272. The van der Waals surface area contributed by atoms with Gasteiger partial charge in [0.05, 0.1) is 0 Å². The van der Waals surface area contributed by atoms with Crippen LogP contribution >= 0.6 is 0 Å². The zero-order valence-electron chi connectivity index (χ0n) is 20.1. The molecule has 0 rings (SSSR count). The molecule has 0 atom stereocenters. The lowest BCUT2D eigenvalue weighted by molar-refractivity contribution is -0.138. The van der Waals surface area contributed by atoms with Crippen LogP contribution in [0.5, 0.6) is 0 Å². The van der Waals surface area contributed by atoms with E-state index in [0.29, 0.717) is 13.0 Å². The Labute approximate surface area is 188 Å². The summed E-state index contributed by atoms with van der Waals surface area (Å²) >= 11 is 0. The van der Waals surface area contributed by atoms with Crippen molar-refractivity contribution in [1.82, 2.24) is 20.0 Å². The molecule has 0 heterocycles. The average Bonchev–Trinajstić information content (AvgIpc) is 2.69. The lowest BCUT2D eigenvalue weighted by atomic mass is 10.2. The highest BCUT2D eigenvalue weighted by Crippen LogP contribution is 1.97. The van der Waals surface area contributed by atoms with Crippen LogP contribution in [0.1, 0.15) is 12.8 Å². The summed E-state index contributed by atoms with van der Waals surface area (Å²) in [5, 5.41) is 11.1. The molecule has 31 heavy (non-hydrogen) atoms. The van der Waals surface area contributed by atoms with E-state index >= 15 is 0 Å². The van der Waals surface area contributed by atoms with Gasteiger partial charge in [0.2, 0.25) is 5.91 Å². The van der Waals surface area contributed by atoms with Gasteiger partial charge in [0, 0.05) is 31.3 Å². The second-order valence-electron chi connectivity index (χ2n) is 7.29. The fourth-order valence-corrected chi connectivity index (χ4v) is 1.53. The fraction of sp³-hybridized carbons (Fsp3) is 0.591. The molecular formula is C22H42N4O5. The Hall–Kier alpha value is -2.49. The molecule has 0 saturated heterocycles. The van der Waals surface area contributed by atoms with Crippen molar-refractivity contribution in [3.8, 4) is 0 Å². The number of aliphatic carboxylic acids is 1. The van der Waals surface area contributed by atoms with Crippen LogP contribution in [0.3, 0.4) is 0 Å². The van der Waals surface area contributed by atoms with Crippen molar-refractivity contribution in [2.45, 2.75) is 12.8 Å². The van der Waals surface area contributed by atoms with Crippen molar-refractivity contribution in [1.29, 1.82) is 0 Å². The molecule has 0 aliphatic rings. The van der Waals surface area contributed by atoms with Gasteiger partial charge in [-0.05, 0) is 67.7 Å². The number of likely N-dealkylation sites (N-methyl/N-ethyl adjacent to an activating group) is 1. The van der Waals surface area contributed by atoms with E-state index in [0.717, 1.165) is 38.7 Å². The van der Waals surface area contributed by atoms with Gasteiger partial charge in [-0.2, -0.15) is 0 Å². The topological polar surface area (TPSA) is 102 Å². The first-order chi connectivity index (χ1) is 14.4. The standard InChI is InChI=1S/C8H16N2O.2C7H13NO2/c1-4-8(11)9-6-5-7-10(2)3;1-6(7(9)10)4-5-8(2)3;1-4-7(9)10-6-5-8(2)3/h4H,1,5-7H2,2-3H3,(H,9,11);1,4-5H2,2-3H3,(H,9,10);4H,1,5-6H2,2-3H3. The van der Waals surface area contributed by atoms with Gasteiger partial charge in [-0.1, -0.05) is 19.7 Å². The van der Waals surface area contributed by atoms with Crippen LogP contribution in [-0.2, 0) is 19.1 Å². The third-order valence-corrected chi connectivity index (χ3v) is 3.38. The predicted octanol–water partition coefficient (Wildman–Crippen LogP) is 1.10. The van der Waals surface area contributed by atoms with E-state index in [1.807, 2.05) is 52.1 Å².